The second kappa shape index (κ2) is 6.83. The van der Waals surface area contributed by atoms with Gasteiger partial charge in [-0.05, 0) is 24.8 Å². The molecular formula is C20H20N4O3. The molecule has 1 aliphatic heterocycles. The smallest absolute Gasteiger partial charge is 0.329 e. The SMILES string of the molecule is Cc1ccc2ccccc2c1N(C(=O)Cc1nc[nH]n1)C1CC(C)OC1=O. The van der Waals surface area contributed by atoms with E-state index in [4.69, 9.17) is 4.74 Å². The summed E-state index contributed by atoms with van der Waals surface area (Å²) >= 11 is 0. The van der Waals surface area contributed by atoms with E-state index >= 15 is 0 Å². The normalized spacial score (nSPS) is 19.3. The van der Waals surface area contributed by atoms with Crippen molar-refractivity contribution in [2.24, 2.45) is 0 Å². The summed E-state index contributed by atoms with van der Waals surface area (Å²) in [6, 6.07) is 11.2. The number of nitrogens with one attached hydrogen (secondary N) is 1. The van der Waals surface area contributed by atoms with Crippen LogP contribution in [0.3, 0.4) is 0 Å². The number of hydrogen-bond acceptors (Lipinski definition) is 5. The van der Waals surface area contributed by atoms with Crippen LogP contribution in [-0.4, -0.2) is 39.2 Å². The van der Waals surface area contributed by atoms with Gasteiger partial charge in [-0.25, -0.2) is 9.78 Å². The molecule has 0 aliphatic carbocycles. The predicted molar refractivity (Wildman–Crippen MR) is 100 cm³/mol. The first-order chi connectivity index (χ1) is 13.0. The number of rotatable bonds is 4. The molecule has 1 N–H and O–H groups in total. The molecule has 2 atom stereocenters. The van der Waals surface area contributed by atoms with E-state index in [-0.39, 0.29) is 24.4 Å². The molecule has 1 saturated heterocycles. The van der Waals surface area contributed by atoms with Crippen molar-refractivity contribution in [1.29, 1.82) is 0 Å². The molecule has 0 bridgehead atoms. The molecule has 7 heteroatoms. The molecule has 0 spiro atoms. The summed E-state index contributed by atoms with van der Waals surface area (Å²) in [6.45, 7) is 3.78. The average molecular weight is 364 g/mol. The molecule has 27 heavy (non-hydrogen) atoms. The number of ether oxygens (including phenoxy) is 1. The third kappa shape index (κ3) is 3.16. The van der Waals surface area contributed by atoms with E-state index in [1.165, 1.54) is 6.33 Å². The number of fused-ring (bicyclic) bond motifs is 1. The van der Waals surface area contributed by atoms with E-state index in [9.17, 15) is 9.59 Å². The number of aryl methyl sites for hydroxylation is 1. The van der Waals surface area contributed by atoms with Crippen molar-refractivity contribution in [2.45, 2.75) is 38.8 Å². The van der Waals surface area contributed by atoms with Gasteiger partial charge >= 0.3 is 5.97 Å². The summed E-state index contributed by atoms with van der Waals surface area (Å²) in [6.07, 6.45) is 1.67. The highest BCUT2D eigenvalue weighted by atomic mass is 16.6. The molecule has 1 aromatic heterocycles. The maximum absolute atomic E-state index is 13.3. The minimum atomic E-state index is -0.657. The Balaban J connectivity index is 1.84. The summed E-state index contributed by atoms with van der Waals surface area (Å²) < 4.78 is 5.34. The second-order valence-electron chi connectivity index (χ2n) is 6.81. The van der Waals surface area contributed by atoms with Gasteiger partial charge in [-0.2, -0.15) is 5.10 Å². The molecule has 4 rings (SSSR count). The van der Waals surface area contributed by atoms with Crippen LogP contribution in [-0.2, 0) is 20.7 Å². The Hall–Kier alpha value is -3.22. The van der Waals surface area contributed by atoms with Gasteiger partial charge in [0.25, 0.3) is 0 Å². The third-order valence-corrected chi connectivity index (χ3v) is 4.84. The number of anilines is 1. The second-order valence-corrected chi connectivity index (χ2v) is 6.81. The Morgan fingerprint density at radius 2 is 2.11 bits per heavy atom. The lowest BCUT2D eigenvalue weighted by Crippen LogP contribution is -2.44. The van der Waals surface area contributed by atoms with Crippen LogP contribution in [0.2, 0.25) is 0 Å². The lowest BCUT2D eigenvalue weighted by atomic mass is 10.0. The van der Waals surface area contributed by atoms with E-state index in [0.717, 1.165) is 22.0 Å². The van der Waals surface area contributed by atoms with Crippen molar-refractivity contribution >= 4 is 28.3 Å². The average Bonchev–Trinajstić information content (AvgIpc) is 3.26. The van der Waals surface area contributed by atoms with Gasteiger partial charge in [0.05, 0.1) is 12.1 Å². The topological polar surface area (TPSA) is 88.2 Å². The van der Waals surface area contributed by atoms with Crippen molar-refractivity contribution in [3.05, 3.63) is 54.1 Å². The molecule has 2 aromatic carbocycles. The molecule has 1 fully saturated rings. The quantitative estimate of drug-likeness (QED) is 0.719. The van der Waals surface area contributed by atoms with Crippen molar-refractivity contribution in [3.8, 4) is 0 Å². The minimum Gasteiger partial charge on any atom is -0.461 e. The number of H-pyrrole nitrogens is 1. The Labute approximate surface area is 156 Å². The van der Waals surface area contributed by atoms with Crippen LogP contribution in [0.1, 0.15) is 24.7 Å². The van der Waals surface area contributed by atoms with Gasteiger partial charge in [-0.15, -0.1) is 0 Å². The number of amides is 1. The van der Waals surface area contributed by atoms with Crippen molar-refractivity contribution < 1.29 is 14.3 Å². The lowest BCUT2D eigenvalue weighted by Gasteiger charge is -2.29. The fourth-order valence-electron chi connectivity index (χ4n) is 3.63. The Kier molecular flexibility index (Phi) is 4.35. The zero-order valence-corrected chi connectivity index (χ0v) is 15.2. The first-order valence-electron chi connectivity index (χ1n) is 8.90. The van der Waals surface area contributed by atoms with Crippen LogP contribution in [0.15, 0.2) is 42.7 Å². The predicted octanol–water partition coefficient (Wildman–Crippen LogP) is 2.55. The minimum absolute atomic E-state index is 0.00429. The van der Waals surface area contributed by atoms with Crippen LogP contribution in [0.4, 0.5) is 5.69 Å². The maximum Gasteiger partial charge on any atom is 0.329 e. The highest BCUT2D eigenvalue weighted by Gasteiger charge is 2.40. The summed E-state index contributed by atoms with van der Waals surface area (Å²) in [5, 5.41) is 8.53. The monoisotopic (exact) mass is 364 g/mol. The highest BCUT2D eigenvalue weighted by Crippen LogP contribution is 2.35. The number of carbonyl (C=O) groups excluding carboxylic acids is 2. The summed E-state index contributed by atoms with van der Waals surface area (Å²) in [5.41, 5.74) is 1.66. The summed E-state index contributed by atoms with van der Waals surface area (Å²) in [4.78, 5) is 31.4. The van der Waals surface area contributed by atoms with E-state index in [2.05, 4.69) is 15.2 Å². The first kappa shape index (κ1) is 17.2. The number of benzene rings is 2. The van der Waals surface area contributed by atoms with Gasteiger partial charge in [0.1, 0.15) is 18.5 Å². The zero-order valence-electron chi connectivity index (χ0n) is 15.2. The molecule has 0 saturated carbocycles. The van der Waals surface area contributed by atoms with Crippen LogP contribution in [0.5, 0.6) is 0 Å². The van der Waals surface area contributed by atoms with Crippen LogP contribution >= 0.6 is 0 Å². The van der Waals surface area contributed by atoms with E-state index in [1.54, 1.807) is 4.90 Å². The summed E-state index contributed by atoms with van der Waals surface area (Å²) in [5.74, 6) is -0.217. The fraction of sp³-hybridized carbons (Fsp3) is 0.300. The van der Waals surface area contributed by atoms with Crippen molar-refractivity contribution in [2.75, 3.05) is 4.90 Å². The molecule has 1 amide bonds. The van der Waals surface area contributed by atoms with E-state index < -0.39 is 6.04 Å². The Bertz CT molecular complexity index is 1000. The number of hydrogen-bond donors (Lipinski definition) is 1. The lowest BCUT2D eigenvalue weighted by molar-refractivity contribution is -0.142. The number of esters is 1. The van der Waals surface area contributed by atoms with Crippen LogP contribution < -0.4 is 4.90 Å². The fourth-order valence-corrected chi connectivity index (χ4v) is 3.63. The molecule has 138 valence electrons. The first-order valence-corrected chi connectivity index (χ1v) is 8.90. The molecule has 0 radical (unpaired) electrons. The van der Waals surface area contributed by atoms with Gasteiger partial charge < -0.3 is 4.74 Å². The van der Waals surface area contributed by atoms with Crippen LogP contribution in [0.25, 0.3) is 10.8 Å². The number of cyclic esters (lactones) is 1. The van der Waals surface area contributed by atoms with Crippen molar-refractivity contribution in [3.63, 3.8) is 0 Å². The Morgan fingerprint density at radius 1 is 1.30 bits per heavy atom. The molecule has 3 aromatic rings. The molecule has 1 aliphatic rings. The van der Waals surface area contributed by atoms with Gasteiger partial charge in [0.15, 0.2) is 5.82 Å². The van der Waals surface area contributed by atoms with Gasteiger partial charge in [-0.1, -0.05) is 36.4 Å². The molecule has 7 nitrogen and oxygen atoms in total. The number of aromatic nitrogens is 3. The van der Waals surface area contributed by atoms with Crippen LogP contribution in [0, 0.1) is 6.92 Å². The highest BCUT2D eigenvalue weighted by molar-refractivity contribution is 6.08. The maximum atomic E-state index is 13.3. The number of carbonyl (C=O) groups is 2. The Morgan fingerprint density at radius 3 is 2.81 bits per heavy atom. The van der Waals surface area contributed by atoms with Gasteiger partial charge in [0, 0.05) is 11.8 Å². The van der Waals surface area contributed by atoms with E-state index in [0.29, 0.717) is 12.2 Å². The zero-order chi connectivity index (χ0) is 19.0. The molecular weight excluding hydrogens is 344 g/mol. The standard InChI is InChI=1S/C20H20N4O3/c1-12-7-8-14-5-3-4-6-15(14)19(12)24(16-9-13(2)27-20(16)26)18(25)10-17-21-11-22-23-17/h3-8,11,13,16H,9-10H2,1-2H3,(H,21,22,23). The van der Waals surface area contributed by atoms with Gasteiger partial charge in [-0.3, -0.25) is 14.8 Å². The molecule has 2 unspecified atom stereocenters. The largest absolute Gasteiger partial charge is 0.461 e. The van der Waals surface area contributed by atoms with E-state index in [1.807, 2.05) is 50.2 Å². The van der Waals surface area contributed by atoms with Crippen molar-refractivity contribution in [1.82, 2.24) is 15.2 Å². The van der Waals surface area contributed by atoms with Gasteiger partial charge in [0.2, 0.25) is 5.91 Å². The molecule has 2 heterocycles. The number of aromatic amines is 1. The number of nitrogens with zero attached hydrogens (tertiary/aromatic N) is 3. The third-order valence-electron chi connectivity index (χ3n) is 4.84. The summed E-state index contributed by atoms with van der Waals surface area (Å²) in [7, 11) is 0.